The van der Waals surface area contributed by atoms with Gasteiger partial charge in [-0.25, -0.2) is 17.6 Å². The number of aromatic nitrogens is 1. The summed E-state index contributed by atoms with van der Waals surface area (Å²) in [5.74, 6) is -3.85. The van der Waals surface area contributed by atoms with E-state index in [1.54, 1.807) is 13.8 Å². The maximum Gasteiger partial charge on any atom is 0.417 e. The molecule has 0 unspecified atom stereocenters. The summed E-state index contributed by atoms with van der Waals surface area (Å²) in [6.07, 6.45) is 0.410. The van der Waals surface area contributed by atoms with Crippen molar-refractivity contribution in [2.45, 2.75) is 31.2 Å². The van der Waals surface area contributed by atoms with Crippen molar-refractivity contribution in [2.75, 3.05) is 0 Å². The first-order valence-electron chi connectivity index (χ1n) is 6.73. The molecule has 0 fully saturated rings. The average molecular weight is 346 g/mol. The van der Waals surface area contributed by atoms with Gasteiger partial charge in [0.15, 0.2) is 5.58 Å². The maximum absolute atomic E-state index is 14.0. The van der Waals surface area contributed by atoms with Crippen LogP contribution in [0.1, 0.15) is 20.3 Å². The van der Waals surface area contributed by atoms with E-state index in [0.29, 0.717) is 6.42 Å². The SMILES string of the molecule is CC[C@H](C)[C@H](NS(=O)(=O)c1cc2oc(=O)[nH]c2cc1F)C(=O)O. The van der Waals surface area contributed by atoms with Crippen molar-refractivity contribution in [1.29, 1.82) is 0 Å². The molecule has 0 radical (unpaired) electrons. The molecule has 2 rings (SSSR count). The molecule has 1 aromatic heterocycles. The van der Waals surface area contributed by atoms with Gasteiger partial charge in [0.2, 0.25) is 10.0 Å². The summed E-state index contributed by atoms with van der Waals surface area (Å²) in [5.41, 5.74) is -0.143. The Bertz CT molecular complexity index is 901. The molecule has 126 valence electrons. The van der Waals surface area contributed by atoms with Crippen LogP contribution in [0.2, 0.25) is 0 Å². The smallest absolute Gasteiger partial charge is 0.417 e. The number of carbonyl (C=O) groups is 1. The van der Waals surface area contributed by atoms with Gasteiger partial charge < -0.3 is 9.52 Å². The van der Waals surface area contributed by atoms with Crippen LogP contribution in [0, 0.1) is 11.7 Å². The van der Waals surface area contributed by atoms with E-state index in [1.165, 1.54) is 0 Å². The minimum Gasteiger partial charge on any atom is -0.480 e. The lowest BCUT2D eigenvalue weighted by Gasteiger charge is -2.20. The highest BCUT2D eigenvalue weighted by Crippen LogP contribution is 2.22. The summed E-state index contributed by atoms with van der Waals surface area (Å²) >= 11 is 0. The Morgan fingerprint density at radius 2 is 2.13 bits per heavy atom. The molecule has 2 aromatic rings. The molecule has 23 heavy (non-hydrogen) atoms. The number of aliphatic carboxylic acids is 1. The van der Waals surface area contributed by atoms with Crippen molar-refractivity contribution in [3.8, 4) is 0 Å². The molecule has 2 atom stereocenters. The van der Waals surface area contributed by atoms with Crippen molar-refractivity contribution in [1.82, 2.24) is 9.71 Å². The predicted octanol–water partition coefficient (Wildman–Crippen LogP) is 1.04. The van der Waals surface area contributed by atoms with E-state index in [1.807, 2.05) is 4.72 Å². The number of H-pyrrole nitrogens is 1. The first-order chi connectivity index (χ1) is 10.7. The maximum atomic E-state index is 14.0. The number of oxazole rings is 1. The van der Waals surface area contributed by atoms with Crippen LogP contribution < -0.4 is 10.5 Å². The average Bonchev–Trinajstić information content (AvgIpc) is 2.81. The zero-order valence-corrected chi connectivity index (χ0v) is 13.1. The van der Waals surface area contributed by atoms with E-state index in [0.717, 1.165) is 12.1 Å². The third-order valence-electron chi connectivity index (χ3n) is 3.52. The summed E-state index contributed by atoms with van der Waals surface area (Å²) in [7, 11) is -4.45. The van der Waals surface area contributed by atoms with Gasteiger partial charge >= 0.3 is 11.7 Å². The van der Waals surface area contributed by atoms with Gasteiger partial charge in [-0.05, 0) is 5.92 Å². The van der Waals surface area contributed by atoms with Gasteiger partial charge in [-0.3, -0.25) is 9.78 Å². The fraction of sp³-hybridized carbons (Fsp3) is 0.385. The summed E-state index contributed by atoms with van der Waals surface area (Å²) in [6, 6.07) is 0.229. The van der Waals surface area contributed by atoms with Gasteiger partial charge in [0, 0.05) is 12.1 Å². The van der Waals surface area contributed by atoms with Crippen molar-refractivity contribution in [2.24, 2.45) is 5.92 Å². The lowest BCUT2D eigenvalue weighted by atomic mass is 10.0. The number of hydrogen-bond acceptors (Lipinski definition) is 5. The molecule has 3 N–H and O–H groups in total. The molecule has 0 aliphatic carbocycles. The fourth-order valence-corrected chi connectivity index (χ4v) is 3.41. The minimum atomic E-state index is -4.45. The molecule has 0 spiro atoms. The topological polar surface area (TPSA) is 129 Å². The van der Waals surface area contributed by atoms with E-state index in [9.17, 15) is 22.4 Å². The first-order valence-corrected chi connectivity index (χ1v) is 8.21. The summed E-state index contributed by atoms with van der Waals surface area (Å²) < 4.78 is 45.3. The molecule has 0 bridgehead atoms. The van der Waals surface area contributed by atoms with E-state index in [4.69, 9.17) is 9.52 Å². The second-order valence-corrected chi connectivity index (χ2v) is 6.80. The highest BCUT2D eigenvalue weighted by molar-refractivity contribution is 7.89. The molecular weight excluding hydrogens is 331 g/mol. The van der Waals surface area contributed by atoms with Crippen LogP contribution in [0.25, 0.3) is 11.1 Å². The summed E-state index contributed by atoms with van der Waals surface area (Å²) in [4.78, 5) is 23.7. The number of halogens is 1. The lowest BCUT2D eigenvalue weighted by molar-refractivity contribution is -0.140. The van der Waals surface area contributed by atoms with E-state index >= 15 is 0 Å². The Balaban J connectivity index is 2.48. The predicted molar refractivity (Wildman–Crippen MR) is 78.0 cm³/mol. The molecule has 0 amide bonds. The molecule has 0 aliphatic heterocycles. The number of nitrogens with one attached hydrogen (secondary N) is 2. The third kappa shape index (κ3) is 3.42. The van der Waals surface area contributed by atoms with E-state index in [-0.39, 0.29) is 11.1 Å². The van der Waals surface area contributed by atoms with Crippen LogP contribution >= 0.6 is 0 Å². The highest BCUT2D eigenvalue weighted by atomic mass is 32.2. The number of sulfonamides is 1. The highest BCUT2D eigenvalue weighted by Gasteiger charge is 2.31. The number of aromatic amines is 1. The quantitative estimate of drug-likeness (QED) is 0.716. The van der Waals surface area contributed by atoms with Crippen molar-refractivity contribution >= 4 is 27.1 Å². The Morgan fingerprint density at radius 1 is 1.48 bits per heavy atom. The van der Waals surface area contributed by atoms with Gasteiger partial charge in [-0.15, -0.1) is 0 Å². The molecule has 1 heterocycles. The molecule has 0 aliphatic rings. The monoisotopic (exact) mass is 346 g/mol. The standard InChI is InChI=1S/C13H15FN2O6S/c1-3-6(2)11(12(17)18)16-23(20,21)10-5-9-8(4-7(10)14)15-13(19)22-9/h4-6,11,16H,3H2,1-2H3,(H,15,19)(H,17,18)/t6-,11-/m0/s1. The molecule has 8 nitrogen and oxygen atoms in total. The van der Waals surface area contributed by atoms with Crippen molar-refractivity contribution in [3.63, 3.8) is 0 Å². The Hall–Kier alpha value is -2.20. The van der Waals surface area contributed by atoms with Crippen LogP contribution in [-0.2, 0) is 14.8 Å². The summed E-state index contributed by atoms with van der Waals surface area (Å²) in [5, 5.41) is 9.14. The zero-order chi connectivity index (χ0) is 17.4. The molecule has 0 saturated carbocycles. The number of benzene rings is 1. The van der Waals surface area contributed by atoms with Gasteiger partial charge in [0.25, 0.3) is 0 Å². The first kappa shape index (κ1) is 17.2. The summed E-state index contributed by atoms with van der Waals surface area (Å²) in [6.45, 7) is 3.27. The van der Waals surface area contributed by atoms with Gasteiger partial charge in [-0.2, -0.15) is 4.72 Å². The van der Waals surface area contributed by atoms with Crippen LogP contribution in [0.3, 0.4) is 0 Å². The van der Waals surface area contributed by atoms with Gasteiger partial charge in [0.05, 0.1) is 5.52 Å². The lowest BCUT2D eigenvalue weighted by Crippen LogP contribution is -2.45. The Kier molecular flexibility index (Phi) is 4.57. The minimum absolute atomic E-state index is 0.00293. The third-order valence-corrected chi connectivity index (χ3v) is 4.98. The largest absolute Gasteiger partial charge is 0.480 e. The second kappa shape index (κ2) is 6.13. The fourth-order valence-electron chi connectivity index (χ4n) is 2.03. The van der Waals surface area contributed by atoms with Crippen LogP contribution in [-0.4, -0.2) is 30.5 Å². The van der Waals surface area contributed by atoms with Gasteiger partial charge in [-0.1, -0.05) is 20.3 Å². The molecular formula is C13H15FN2O6S. The molecule has 1 aromatic carbocycles. The van der Waals surface area contributed by atoms with E-state index < -0.39 is 44.4 Å². The van der Waals surface area contributed by atoms with Gasteiger partial charge in [0.1, 0.15) is 16.8 Å². The number of hydrogen-bond donors (Lipinski definition) is 3. The Morgan fingerprint density at radius 3 is 2.70 bits per heavy atom. The number of rotatable bonds is 6. The zero-order valence-electron chi connectivity index (χ0n) is 12.3. The Labute approximate surface area is 130 Å². The molecule has 0 saturated heterocycles. The second-order valence-electron chi connectivity index (χ2n) is 5.12. The van der Waals surface area contributed by atoms with Crippen LogP contribution in [0.4, 0.5) is 4.39 Å². The molecule has 10 heteroatoms. The van der Waals surface area contributed by atoms with Crippen LogP contribution in [0.5, 0.6) is 0 Å². The van der Waals surface area contributed by atoms with Crippen LogP contribution in [0.15, 0.2) is 26.2 Å². The van der Waals surface area contributed by atoms with Crippen molar-refractivity contribution in [3.05, 3.63) is 28.5 Å². The number of fused-ring (bicyclic) bond motifs is 1. The van der Waals surface area contributed by atoms with E-state index in [2.05, 4.69) is 4.98 Å². The number of carboxylic acid groups (broad SMARTS) is 1. The normalized spacial score (nSPS) is 14.7. The number of carboxylic acids is 1. The van der Waals surface area contributed by atoms with Crippen molar-refractivity contribution < 1.29 is 27.1 Å².